The molecule has 0 atom stereocenters. The van der Waals surface area contributed by atoms with E-state index in [1.807, 2.05) is 59.9 Å². The Morgan fingerprint density at radius 2 is 1.06 bits per heavy atom. The fourth-order valence-electron chi connectivity index (χ4n) is 6.81. The van der Waals surface area contributed by atoms with Gasteiger partial charge in [-0.2, -0.15) is 0 Å². The minimum atomic E-state index is 0.622. The summed E-state index contributed by atoms with van der Waals surface area (Å²) in [5.41, 5.74) is 6.92. The van der Waals surface area contributed by atoms with Crippen molar-refractivity contribution >= 4 is 64.2 Å². The summed E-state index contributed by atoms with van der Waals surface area (Å²) in [4.78, 5) is 15.5. The van der Waals surface area contributed by atoms with Crippen molar-refractivity contribution in [3.8, 4) is 45.3 Å². The first kappa shape index (κ1) is 27.0. The number of furan rings is 1. The molecule has 48 heavy (non-hydrogen) atoms. The Balaban J connectivity index is 1.27. The zero-order valence-electron chi connectivity index (χ0n) is 25.6. The third-order valence-corrected chi connectivity index (χ3v) is 10.3. The summed E-state index contributed by atoms with van der Waals surface area (Å²) in [5.74, 6) is 1.91. The van der Waals surface area contributed by atoms with Gasteiger partial charge in [0, 0.05) is 47.6 Å². The highest BCUT2D eigenvalue weighted by molar-refractivity contribution is 7.26. The zero-order valence-corrected chi connectivity index (χ0v) is 26.4. The number of aromatic nitrogens is 3. The molecule has 10 aromatic rings. The molecule has 0 amide bonds. The van der Waals surface area contributed by atoms with Crippen LogP contribution in [0.5, 0.6) is 0 Å². The van der Waals surface area contributed by atoms with Gasteiger partial charge < -0.3 is 4.42 Å². The van der Waals surface area contributed by atoms with E-state index in [1.165, 1.54) is 36.7 Å². The molecule has 0 saturated carbocycles. The average molecular weight is 632 g/mol. The van der Waals surface area contributed by atoms with Gasteiger partial charge in [0.1, 0.15) is 11.2 Å². The lowest BCUT2D eigenvalue weighted by atomic mass is 9.96. The average Bonchev–Trinajstić information content (AvgIpc) is 3.73. The molecular formula is C43H25N3OS. The van der Waals surface area contributed by atoms with Gasteiger partial charge in [-0.25, -0.2) is 15.0 Å². The van der Waals surface area contributed by atoms with Gasteiger partial charge in [-0.15, -0.1) is 11.3 Å². The molecule has 0 unspecified atom stereocenters. The Kier molecular flexibility index (Phi) is 6.01. The predicted molar refractivity (Wildman–Crippen MR) is 199 cm³/mol. The lowest BCUT2D eigenvalue weighted by molar-refractivity contribution is 0.669. The predicted octanol–water partition coefficient (Wildman–Crippen LogP) is 12.0. The number of nitrogens with zero attached hydrogens (tertiary/aromatic N) is 3. The van der Waals surface area contributed by atoms with E-state index in [0.29, 0.717) is 17.5 Å². The van der Waals surface area contributed by atoms with Crippen LogP contribution in [0.15, 0.2) is 156 Å². The molecule has 0 radical (unpaired) electrons. The van der Waals surface area contributed by atoms with Crippen molar-refractivity contribution in [2.45, 2.75) is 0 Å². The summed E-state index contributed by atoms with van der Waals surface area (Å²) in [6.45, 7) is 0. The lowest BCUT2D eigenvalue weighted by Crippen LogP contribution is -2.00. The molecule has 3 heterocycles. The monoisotopic (exact) mass is 631 g/mol. The van der Waals surface area contributed by atoms with Gasteiger partial charge in [0.05, 0.1) is 0 Å². The maximum absolute atomic E-state index is 6.14. The fourth-order valence-corrected chi connectivity index (χ4v) is 8.08. The quantitative estimate of drug-likeness (QED) is 0.194. The van der Waals surface area contributed by atoms with Crippen LogP contribution in [0.2, 0.25) is 0 Å². The van der Waals surface area contributed by atoms with Crippen LogP contribution in [0.1, 0.15) is 0 Å². The molecule has 0 spiro atoms. The molecule has 224 valence electrons. The minimum Gasteiger partial charge on any atom is -0.456 e. The van der Waals surface area contributed by atoms with Gasteiger partial charge in [0.2, 0.25) is 0 Å². The molecule has 4 nitrogen and oxygen atoms in total. The standard InChI is InChI=1S/C43H25N3OS/c1-3-11-26(12-4-1)28-19-21-31-30(23-28)25-35(39-33-16-8-10-18-38(33)48-40(31)39)43-45-41(27-13-5-2-6-14-27)44-42(46-43)29-20-22-37-34(24-29)32-15-7-9-17-36(32)47-37/h1-25H. The Morgan fingerprint density at radius 1 is 0.417 bits per heavy atom. The number of fused-ring (bicyclic) bond motifs is 8. The molecule has 0 saturated heterocycles. The first-order chi connectivity index (χ1) is 23.8. The van der Waals surface area contributed by atoms with Crippen molar-refractivity contribution in [1.82, 2.24) is 15.0 Å². The molecule has 0 fully saturated rings. The second-order valence-electron chi connectivity index (χ2n) is 12.0. The van der Waals surface area contributed by atoms with Crippen LogP contribution in [-0.4, -0.2) is 15.0 Å². The van der Waals surface area contributed by atoms with E-state index in [1.54, 1.807) is 0 Å². The van der Waals surface area contributed by atoms with Gasteiger partial charge in [0.15, 0.2) is 17.5 Å². The van der Waals surface area contributed by atoms with Crippen LogP contribution in [0.3, 0.4) is 0 Å². The first-order valence-corrected chi connectivity index (χ1v) is 16.8. The molecule has 3 aromatic heterocycles. The highest BCUT2D eigenvalue weighted by Crippen LogP contribution is 2.44. The van der Waals surface area contributed by atoms with E-state index >= 15 is 0 Å². The van der Waals surface area contributed by atoms with Crippen molar-refractivity contribution < 1.29 is 4.42 Å². The molecule has 0 bridgehead atoms. The van der Waals surface area contributed by atoms with Crippen LogP contribution < -0.4 is 0 Å². The SMILES string of the molecule is c1ccc(-c2ccc3c(c2)cc(-c2nc(-c4ccccc4)nc(-c4ccc5oc6ccccc6c5c4)n2)c2c4ccccc4sc32)cc1. The van der Waals surface area contributed by atoms with Crippen LogP contribution >= 0.6 is 11.3 Å². The molecule has 7 aromatic carbocycles. The molecule has 0 aliphatic rings. The van der Waals surface area contributed by atoms with Crippen molar-refractivity contribution in [3.63, 3.8) is 0 Å². The van der Waals surface area contributed by atoms with Crippen LogP contribution in [0, 0.1) is 0 Å². The lowest BCUT2D eigenvalue weighted by Gasteiger charge is -2.12. The summed E-state index contributed by atoms with van der Waals surface area (Å²) in [5, 5.41) is 6.86. The van der Waals surface area contributed by atoms with Gasteiger partial charge >= 0.3 is 0 Å². The van der Waals surface area contributed by atoms with E-state index < -0.39 is 0 Å². The Morgan fingerprint density at radius 3 is 1.90 bits per heavy atom. The van der Waals surface area contributed by atoms with Crippen molar-refractivity contribution in [2.75, 3.05) is 0 Å². The van der Waals surface area contributed by atoms with Crippen LogP contribution in [0.25, 0.3) is 98.2 Å². The van der Waals surface area contributed by atoms with Gasteiger partial charge in [-0.3, -0.25) is 0 Å². The number of hydrogen-bond acceptors (Lipinski definition) is 5. The molecular weight excluding hydrogens is 607 g/mol. The third kappa shape index (κ3) is 4.33. The highest BCUT2D eigenvalue weighted by atomic mass is 32.1. The van der Waals surface area contributed by atoms with Gasteiger partial charge in [0.25, 0.3) is 0 Å². The van der Waals surface area contributed by atoms with Crippen molar-refractivity contribution in [2.24, 2.45) is 0 Å². The number of thiophene rings is 1. The Bertz CT molecular complexity index is 2840. The number of benzene rings is 7. The normalized spacial score (nSPS) is 11.8. The Labute approximate surface area is 279 Å². The van der Waals surface area contributed by atoms with Crippen LogP contribution in [-0.2, 0) is 0 Å². The number of para-hydroxylation sites is 1. The molecule has 5 heteroatoms. The second-order valence-corrected chi connectivity index (χ2v) is 13.1. The second kappa shape index (κ2) is 10.7. The Hall–Kier alpha value is -6.17. The summed E-state index contributed by atoms with van der Waals surface area (Å²) < 4.78 is 8.61. The fraction of sp³-hybridized carbons (Fsp3) is 0. The van der Waals surface area contributed by atoms with E-state index in [-0.39, 0.29) is 0 Å². The largest absolute Gasteiger partial charge is 0.456 e. The van der Waals surface area contributed by atoms with Gasteiger partial charge in [-0.05, 0) is 64.4 Å². The van der Waals surface area contributed by atoms with E-state index in [0.717, 1.165) is 44.0 Å². The molecule has 10 rings (SSSR count). The molecule has 0 aliphatic heterocycles. The minimum absolute atomic E-state index is 0.622. The summed E-state index contributed by atoms with van der Waals surface area (Å²) in [7, 11) is 0. The summed E-state index contributed by atoms with van der Waals surface area (Å²) in [6.07, 6.45) is 0. The number of hydrogen-bond donors (Lipinski definition) is 0. The number of rotatable bonds is 4. The van der Waals surface area contributed by atoms with Crippen molar-refractivity contribution in [1.29, 1.82) is 0 Å². The summed E-state index contributed by atoms with van der Waals surface area (Å²) >= 11 is 1.82. The third-order valence-electron chi connectivity index (χ3n) is 9.11. The smallest absolute Gasteiger partial charge is 0.164 e. The summed E-state index contributed by atoms with van der Waals surface area (Å²) in [6, 6.07) is 52.7. The molecule has 0 aliphatic carbocycles. The van der Waals surface area contributed by atoms with E-state index in [2.05, 4.69) is 103 Å². The van der Waals surface area contributed by atoms with Crippen LogP contribution in [0.4, 0.5) is 0 Å². The van der Waals surface area contributed by atoms with Crippen molar-refractivity contribution in [3.05, 3.63) is 152 Å². The zero-order chi connectivity index (χ0) is 31.6. The maximum atomic E-state index is 6.14. The van der Waals surface area contributed by atoms with E-state index in [9.17, 15) is 0 Å². The van der Waals surface area contributed by atoms with Gasteiger partial charge in [-0.1, -0.05) is 109 Å². The first-order valence-electron chi connectivity index (χ1n) is 15.9. The molecule has 0 N–H and O–H groups in total. The highest BCUT2D eigenvalue weighted by Gasteiger charge is 2.20. The van der Waals surface area contributed by atoms with E-state index in [4.69, 9.17) is 19.4 Å². The topological polar surface area (TPSA) is 51.8 Å². The maximum Gasteiger partial charge on any atom is 0.164 e.